The number of carbonyl (C=O) groups is 1. The van der Waals surface area contributed by atoms with Gasteiger partial charge >= 0.3 is 0 Å². The van der Waals surface area contributed by atoms with E-state index in [1.165, 1.54) is 0 Å². The number of benzene rings is 1. The molecular weight excluding hydrogens is 242 g/mol. The van der Waals surface area contributed by atoms with E-state index in [2.05, 4.69) is 12.2 Å². The van der Waals surface area contributed by atoms with Gasteiger partial charge in [-0.15, -0.1) is 0 Å². The highest BCUT2D eigenvalue weighted by Gasteiger charge is 2.12. The lowest BCUT2D eigenvalue weighted by molar-refractivity contribution is -0.121. The Morgan fingerprint density at radius 2 is 2.05 bits per heavy atom. The second-order valence-electron chi connectivity index (χ2n) is 4.68. The van der Waals surface area contributed by atoms with Crippen LogP contribution in [-0.4, -0.2) is 25.7 Å². The van der Waals surface area contributed by atoms with Gasteiger partial charge in [-0.25, -0.2) is 0 Å². The lowest BCUT2D eigenvalue weighted by Gasteiger charge is -2.18. The normalized spacial score (nSPS) is 13.1. The Bertz CT molecular complexity index is 431. The minimum absolute atomic E-state index is 0.114. The quantitative estimate of drug-likeness (QED) is 0.801. The van der Waals surface area contributed by atoms with E-state index in [1.54, 1.807) is 0 Å². The van der Waals surface area contributed by atoms with Gasteiger partial charge in [-0.2, -0.15) is 0 Å². The van der Waals surface area contributed by atoms with Crippen molar-refractivity contribution in [2.24, 2.45) is 0 Å². The predicted octanol–water partition coefficient (Wildman–Crippen LogP) is 2.31. The third kappa shape index (κ3) is 4.16. The highest BCUT2D eigenvalue weighted by atomic mass is 16.6. The number of unbranched alkanes of at least 4 members (excludes halogenated alkanes) is 1. The summed E-state index contributed by atoms with van der Waals surface area (Å²) in [5, 5.41) is 2.92. The fraction of sp³-hybridized carbons (Fsp3) is 0.533. The minimum Gasteiger partial charge on any atom is -0.486 e. The highest BCUT2D eigenvalue weighted by Crippen LogP contribution is 2.30. The third-order valence-corrected chi connectivity index (χ3v) is 3.10. The van der Waals surface area contributed by atoms with Crippen LogP contribution < -0.4 is 14.8 Å². The van der Waals surface area contributed by atoms with Crippen molar-refractivity contribution in [1.82, 2.24) is 5.32 Å². The van der Waals surface area contributed by atoms with E-state index in [9.17, 15) is 4.79 Å². The van der Waals surface area contributed by atoms with Gasteiger partial charge in [0.15, 0.2) is 11.5 Å². The molecule has 0 atom stereocenters. The fourth-order valence-corrected chi connectivity index (χ4v) is 1.99. The van der Waals surface area contributed by atoms with Crippen molar-refractivity contribution in [3.05, 3.63) is 23.8 Å². The molecule has 4 heteroatoms. The first kappa shape index (κ1) is 13.7. The lowest BCUT2D eigenvalue weighted by Crippen LogP contribution is -2.24. The maximum absolute atomic E-state index is 11.6. The molecule has 0 aromatic heterocycles. The van der Waals surface area contributed by atoms with Crippen molar-refractivity contribution < 1.29 is 14.3 Å². The molecule has 0 spiro atoms. The van der Waals surface area contributed by atoms with Crippen LogP contribution in [0.5, 0.6) is 11.5 Å². The number of hydrogen-bond donors (Lipinski definition) is 1. The van der Waals surface area contributed by atoms with Gasteiger partial charge in [-0.1, -0.05) is 19.4 Å². The minimum atomic E-state index is 0.114. The number of nitrogens with one attached hydrogen (secondary N) is 1. The summed E-state index contributed by atoms with van der Waals surface area (Å²) in [6.07, 6.45) is 3.39. The molecular formula is C15H21NO3. The van der Waals surface area contributed by atoms with E-state index >= 15 is 0 Å². The number of amides is 1. The molecule has 0 saturated heterocycles. The molecule has 1 aliphatic heterocycles. The third-order valence-electron chi connectivity index (χ3n) is 3.10. The van der Waals surface area contributed by atoms with Crippen LogP contribution >= 0.6 is 0 Å². The number of hydrogen-bond acceptors (Lipinski definition) is 3. The van der Waals surface area contributed by atoms with E-state index in [1.807, 2.05) is 18.2 Å². The fourth-order valence-electron chi connectivity index (χ4n) is 1.99. The van der Waals surface area contributed by atoms with Crippen molar-refractivity contribution in [2.75, 3.05) is 19.8 Å². The zero-order valence-corrected chi connectivity index (χ0v) is 11.4. The summed E-state index contributed by atoms with van der Waals surface area (Å²) in [6.45, 7) is 4.08. The first-order chi connectivity index (χ1) is 9.29. The summed E-state index contributed by atoms with van der Waals surface area (Å²) in [6, 6.07) is 5.87. The van der Waals surface area contributed by atoms with E-state index in [4.69, 9.17) is 9.47 Å². The first-order valence-electron chi connectivity index (χ1n) is 6.95. The van der Waals surface area contributed by atoms with Crippen LogP contribution in [0.25, 0.3) is 0 Å². The summed E-state index contributed by atoms with van der Waals surface area (Å²) >= 11 is 0. The van der Waals surface area contributed by atoms with Gasteiger partial charge in [-0.3, -0.25) is 4.79 Å². The Morgan fingerprint density at radius 3 is 2.84 bits per heavy atom. The molecule has 0 bridgehead atoms. The monoisotopic (exact) mass is 263 g/mol. The zero-order valence-electron chi connectivity index (χ0n) is 11.4. The summed E-state index contributed by atoms with van der Waals surface area (Å²) < 4.78 is 11.0. The Balaban J connectivity index is 1.81. The molecule has 1 N–H and O–H groups in total. The van der Waals surface area contributed by atoms with Crippen LogP contribution in [0.3, 0.4) is 0 Å². The van der Waals surface area contributed by atoms with Gasteiger partial charge in [0.05, 0.1) is 0 Å². The van der Waals surface area contributed by atoms with Crippen molar-refractivity contribution in [3.63, 3.8) is 0 Å². The molecule has 2 rings (SSSR count). The number of aryl methyl sites for hydroxylation is 1. The lowest BCUT2D eigenvalue weighted by atomic mass is 10.1. The van der Waals surface area contributed by atoms with Crippen LogP contribution in [-0.2, 0) is 11.2 Å². The van der Waals surface area contributed by atoms with Crippen molar-refractivity contribution in [2.45, 2.75) is 32.6 Å². The Hall–Kier alpha value is -1.71. The second-order valence-corrected chi connectivity index (χ2v) is 4.68. The largest absolute Gasteiger partial charge is 0.486 e. The van der Waals surface area contributed by atoms with Gasteiger partial charge in [0.1, 0.15) is 13.2 Å². The van der Waals surface area contributed by atoms with E-state index in [0.29, 0.717) is 19.6 Å². The van der Waals surface area contributed by atoms with Crippen LogP contribution in [0.15, 0.2) is 18.2 Å². The molecule has 19 heavy (non-hydrogen) atoms. The highest BCUT2D eigenvalue weighted by molar-refractivity contribution is 5.76. The Morgan fingerprint density at radius 1 is 1.26 bits per heavy atom. The molecule has 0 fully saturated rings. The molecule has 0 radical (unpaired) electrons. The SMILES string of the molecule is CCCCNC(=O)CCc1ccc2c(c1)OCCO2. The summed E-state index contributed by atoms with van der Waals surface area (Å²) in [4.78, 5) is 11.6. The topological polar surface area (TPSA) is 47.6 Å². The molecule has 1 heterocycles. The molecule has 1 aliphatic rings. The van der Waals surface area contributed by atoms with Crippen molar-refractivity contribution in [1.29, 1.82) is 0 Å². The number of ether oxygens (including phenoxy) is 2. The van der Waals surface area contributed by atoms with Gasteiger partial charge in [-0.05, 0) is 30.5 Å². The summed E-state index contributed by atoms with van der Waals surface area (Å²) in [7, 11) is 0. The van der Waals surface area contributed by atoms with Gasteiger partial charge in [0.2, 0.25) is 5.91 Å². The van der Waals surface area contributed by atoms with Crippen molar-refractivity contribution >= 4 is 5.91 Å². The maximum atomic E-state index is 11.6. The number of rotatable bonds is 6. The Kier molecular flexibility index (Phi) is 5.07. The Labute approximate surface area is 114 Å². The molecule has 0 aliphatic carbocycles. The van der Waals surface area contributed by atoms with Crippen molar-refractivity contribution in [3.8, 4) is 11.5 Å². The molecule has 1 aromatic rings. The number of carbonyl (C=O) groups excluding carboxylic acids is 1. The van der Waals surface area contributed by atoms with Gasteiger partial charge in [0, 0.05) is 13.0 Å². The average Bonchev–Trinajstić information content (AvgIpc) is 2.45. The standard InChI is InChI=1S/C15H21NO3/c1-2-3-8-16-15(17)7-5-12-4-6-13-14(11-12)19-10-9-18-13/h4,6,11H,2-3,5,7-10H2,1H3,(H,16,17). The molecule has 104 valence electrons. The molecule has 0 saturated carbocycles. The van der Waals surface area contributed by atoms with Crippen LogP contribution in [0.2, 0.25) is 0 Å². The molecule has 1 amide bonds. The van der Waals surface area contributed by atoms with Crippen LogP contribution in [0, 0.1) is 0 Å². The van der Waals surface area contributed by atoms with E-state index in [0.717, 1.165) is 42.9 Å². The van der Waals surface area contributed by atoms with E-state index in [-0.39, 0.29) is 5.91 Å². The van der Waals surface area contributed by atoms with Gasteiger partial charge in [0.25, 0.3) is 0 Å². The van der Waals surface area contributed by atoms with E-state index < -0.39 is 0 Å². The average molecular weight is 263 g/mol. The summed E-state index contributed by atoms with van der Waals surface area (Å²) in [5.41, 5.74) is 1.11. The second kappa shape index (κ2) is 7.02. The maximum Gasteiger partial charge on any atom is 0.220 e. The summed E-state index contributed by atoms with van der Waals surface area (Å²) in [5.74, 6) is 1.70. The molecule has 1 aromatic carbocycles. The number of fused-ring (bicyclic) bond motifs is 1. The molecule has 4 nitrogen and oxygen atoms in total. The predicted molar refractivity (Wildman–Crippen MR) is 73.7 cm³/mol. The zero-order chi connectivity index (χ0) is 13.5. The smallest absolute Gasteiger partial charge is 0.220 e. The van der Waals surface area contributed by atoms with Gasteiger partial charge < -0.3 is 14.8 Å². The molecule has 0 unspecified atom stereocenters. The van der Waals surface area contributed by atoms with Crippen LogP contribution in [0.1, 0.15) is 31.7 Å². The van der Waals surface area contributed by atoms with Crippen LogP contribution in [0.4, 0.5) is 0 Å². The first-order valence-corrected chi connectivity index (χ1v) is 6.95.